The highest BCUT2D eigenvalue weighted by Crippen LogP contribution is 2.36. The number of anilines is 1. The van der Waals surface area contributed by atoms with Gasteiger partial charge in [-0.3, -0.25) is 0 Å². The monoisotopic (exact) mass is 383 g/mol. The van der Waals surface area contributed by atoms with Crippen molar-refractivity contribution in [3.8, 4) is 11.6 Å². The molecule has 0 bridgehead atoms. The number of aryl methyl sites for hydroxylation is 1. The minimum Gasteiger partial charge on any atom is -0.437 e. The van der Waals surface area contributed by atoms with Gasteiger partial charge in [-0.05, 0) is 31.2 Å². The molecular weight excluding hydrogens is 374 g/mol. The number of ether oxygens (including phenoxy) is 1. The third-order valence-electron chi connectivity index (χ3n) is 2.81. The van der Waals surface area contributed by atoms with Gasteiger partial charge < -0.3 is 10.1 Å². The minimum absolute atomic E-state index is 0.498. The zero-order valence-electron chi connectivity index (χ0n) is 11.3. The molecule has 7 heteroatoms. The lowest BCUT2D eigenvalue weighted by atomic mass is 10.3. The maximum absolute atomic E-state index is 6.20. The Morgan fingerprint density at radius 1 is 1.29 bits per heavy atom. The van der Waals surface area contributed by atoms with Gasteiger partial charge in [0, 0.05) is 16.4 Å². The van der Waals surface area contributed by atoms with Crippen LogP contribution in [0, 0.1) is 6.92 Å². The zero-order chi connectivity index (χ0) is 15.0. The molecule has 0 saturated carbocycles. The van der Waals surface area contributed by atoms with Crippen LogP contribution >= 0.6 is 38.9 Å². The van der Waals surface area contributed by atoms with E-state index in [1.165, 1.54) is 0 Å². The van der Waals surface area contributed by atoms with Crippen LogP contribution in [0.5, 0.6) is 11.6 Å². The van der Waals surface area contributed by atoms with Gasteiger partial charge in [0.25, 0.3) is 0 Å². The predicted octanol–water partition coefficient (Wildman–Crippen LogP) is 5.25. The van der Waals surface area contributed by atoms with Crippen LogP contribution in [-0.4, -0.2) is 17.0 Å². The molecule has 1 aromatic carbocycles. The van der Waals surface area contributed by atoms with Gasteiger partial charge in [0.15, 0.2) is 0 Å². The molecule has 0 atom stereocenters. The van der Waals surface area contributed by atoms with Crippen molar-refractivity contribution in [2.45, 2.75) is 6.92 Å². The maximum Gasteiger partial charge on any atom is 0.232 e. The Hall–Kier alpha value is -1.37. The Balaban J connectivity index is 2.10. The lowest BCUT2D eigenvalue weighted by Crippen LogP contribution is -1.98. The van der Waals surface area contributed by atoms with Crippen molar-refractivity contribution in [1.29, 1.82) is 0 Å². The number of rotatable bonds is 3. The summed E-state index contributed by atoms with van der Waals surface area (Å²) in [6, 6.07) is 7.48. The molecule has 21 heavy (non-hydrogen) atoms. The van der Waals surface area contributed by atoms with E-state index in [2.05, 4.69) is 31.2 Å². The van der Waals surface area contributed by atoms with E-state index >= 15 is 0 Å². The molecule has 3 rings (SSSR count). The number of benzene rings is 1. The van der Waals surface area contributed by atoms with Gasteiger partial charge in [0.2, 0.25) is 11.8 Å². The van der Waals surface area contributed by atoms with Crippen molar-refractivity contribution in [2.24, 2.45) is 0 Å². The molecule has 1 N–H and O–H groups in total. The van der Waals surface area contributed by atoms with E-state index in [1.54, 1.807) is 30.5 Å². The lowest BCUT2D eigenvalue weighted by molar-refractivity contribution is 0.469. The number of halogens is 2. The highest BCUT2D eigenvalue weighted by molar-refractivity contribution is 9.10. The molecule has 0 amide bonds. The minimum atomic E-state index is 0.498. The van der Waals surface area contributed by atoms with Crippen LogP contribution in [0.15, 0.2) is 28.7 Å². The molecule has 2 aromatic heterocycles. The van der Waals surface area contributed by atoms with E-state index in [9.17, 15) is 0 Å². The Morgan fingerprint density at radius 3 is 2.81 bits per heavy atom. The van der Waals surface area contributed by atoms with Gasteiger partial charge in [-0.15, -0.1) is 11.3 Å². The third kappa shape index (κ3) is 2.97. The first-order valence-corrected chi connectivity index (χ1v) is 8.14. The summed E-state index contributed by atoms with van der Waals surface area (Å²) in [5.74, 6) is 1.58. The molecule has 0 unspecified atom stereocenters. The first-order valence-electron chi connectivity index (χ1n) is 6.15. The first-order chi connectivity index (χ1) is 10.1. The number of fused-ring (bicyclic) bond motifs is 1. The Bertz CT molecular complexity index is 821. The summed E-state index contributed by atoms with van der Waals surface area (Å²) in [6.45, 7) is 2.03. The third-order valence-corrected chi connectivity index (χ3v) is 4.54. The van der Waals surface area contributed by atoms with Crippen LogP contribution in [0.4, 0.5) is 5.95 Å². The largest absolute Gasteiger partial charge is 0.437 e. The molecule has 4 nitrogen and oxygen atoms in total. The van der Waals surface area contributed by atoms with E-state index in [1.807, 2.05) is 19.1 Å². The van der Waals surface area contributed by atoms with Crippen molar-refractivity contribution < 1.29 is 4.74 Å². The zero-order valence-corrected chi connectivity index (χ0v) is 14.4. The summed E-state index contributed by atoms with van der Waals surface area (Å²) in [7, 11) is 1.78. The number of thiophene rings is 1. The van der Waals surface area contributed by atoms with Crippen molar-refractivity contribution >= 4 is 55.0 Å². The van der Waals surface area contributed by atoms with Crippen molar-refractivity contribution in [1.82, 2.24) is 9.97 Å². The summed E-state index contributed by atoms with van der Waals surface area (Å²) < 4.78 is 6.79. The second-order valence-corrected chi connectivity index (χ2v) is 6.91. The normalized spacial score (nSPS) is 10.9. The molecular formula is C14H11BrClN3OS. The smallest absolute Gasteiger partial charge is 0.232 e. The second kappa shape index (κ2) is 5.79. The Morgan fingerprint density at radius 2 is 2.10 bits per heavy atom. The number of hydrogen-bond acceptors (Lipinski definition) is 5. The average Bonchev–Trinajstić information content (AvgIpc) is 2.82. The van der Waals surface area contributed by atoms with Crippen LogP contribution < -0.4 is 10.1 Å². The number of hydrogen-bond donors (Lipinski definition) is 1. The molecule has 0 aliphatic carbocycles. The molecule has 0 spiro atoms. The van der Waals surface area contributed by atoms with Crippen molar-refractivity contribution in [2.75, 3.05) is 12.4 Å². The van der Waals surface area contributed by atoms with E-state index in [0.29, 0.717) is 22.6 Å². The van der Waals surface area contributed by atoms with Crippen LogP contribution in [0.1, 0.15) is 4.88 Å². The molecule has 0 aliphatic rings. The Kier molecular flexibility index (Phi) is 4.01. The quantitative estimate of drug-likeness (QED) is 0.670. The van der Waals surface area contributed by atoms with E-state index in [-0.39, 0.29) is 0 Å². The molecule has 0 fully saturated rings. The van der Waals surface area contributed by atoms with Gasteiger partial charge in [-0.25, -0.2) is 4.98 Å². The van der Waals surface area contributed by atoms with Crippen LogP contribution in [-0.2, 0) is 0 Å². The van der Waals surface area contributed by atoms with Crippen LogP contribution in [0.25, 0.3) is 10.2 Å². The lowest BCUT2D eigenvalue weighted by Gasteiger charge is -2.09. The summed E-state index contributed by atoms with van der Waals surface area (Å²) in [6.07, 6.45) is 0. The summed E-state index contributed by atoms with van der Waals surface area (Å²) >= 11 is 11.2. The standard InChI is InChI=1S/C14H11BrClN3OS/c1-7-5-9-12(18-14(17-2)19-13(9)21-7)20-11-4-3-8(15)6-10(11)16/h3-6H,1-2H3,(H,17,18,19). The summed E-state index contributed by atoms with van der Waals surface area (Å²) in [5.41, 5.74) is 0. The number of aromatic nitrogens is 2. The molecule has 3 aromatic rings. The van der Waals surface area contributed by atoms with Crippen molar-refractivity contribution in [3.63, 3.8) is 0 Å². The van der Waals surface area contributed by atoms with Crippen molar-refractivity contribution in [3.05, 3.63) is 38.6 Å². The maximum atomic E-state index is 6.20. The predicted molar refractivity (Wildman–Crippen MR) is 90.9 cm³/mol. The Labute approximate surface area is 139 Å². The average molecular weight is 385 g/mol. The van der Waals surface area contributed by atoms with Gasteiger partial charge in [0.05, 0.1) is 10.4 Å². The topological polar surface area (TPSA) is 47.0 Å². The van der Waals surface area contributed by atoms with E-state index in [4.69, 9.17) is 16.3 Å². The van der Waals surface area contributed by atoms with Crippen LogP contribution in [0.2, 0.25) is 5.02 Å². The summed E-state index contributed by atoms with van der Waals surface area (Å²) in [5, 5.41) is 4.35. The second-order valence-electron chi connectivity index (χ2n) is 4.36. The highest BCUT2D eigenvalue weighted by Gasteiger charge is 2.13. The molecule has 2 heterocycles. The number of nitrogens with one attached hydrogen (secondary N) is 1. The molecule has 108 valence electrons. The fourth-order valence-corrected chi connectivity index (χ4v) is 3.45. The van der Waals surface area contributed by atoms with E-state index in [0.717, 1.165) is 19.6 Å². The molecule has 0 saturated heterocycles. The highest BCUT2D eigenvalue weighted by atomic mass is 79.9. The molecule has 0 aliphatic heterocycles. The van der Waals surface area contributed by atoms with Gasteiger partial charge in [0.1, 0.15) is 10.6 Å². The first kappa shape index (κ1) is 14.6. The van der Waals surface area contributed by atoms with Crippen LogP contribution in [0.3, 0.4) is 0 Å². The van der Waals surface area contributed by atoms with E-state index < -0.39 is 0 Å². The molecule has 0 radical (unpaired) electrons. The van der Waals surface area contributed by atoms with Gasteiger partial charge >= 0.3 is 0 Å². The van der Waals surface area contributed by atoms with Gasteiger partial charge in [-0.2, -0.15) is 4.98 Å². The summed E-state index contributed by atoms with van der Waals surface area (Å²) in [4.78, 5) is 10.8. The number of nitrogens with zero attached hydrogens (tertiary/aromatic N) is 2. The fourth-order valence-electron chi connectivity index (χ4n) is 1.87. The SMILES string of the molecule is CNc1nc(Oc2ccc(Br)cc2Cl)c2cc(C)sc2n1. The fraction of sp³-hybridized carbons (Fsp3) is 0.143. The van der Waals surface area contributed by atoms with Gasteiger partial charge in [-0.1, -0.05) is 27.5 Å².